The number of hydrogen-bond donors (Lipinski definition) is 2. The normalized spacial score (nSPS) is 28.9. The number of aliphatic carboxylic acids is 1. The summed E-state index contributed by atoms with van der Waals surface area (Å²) < 4.78 is 0. The lowest BCUT2D eigenvalue weighted by Gasteiger charge is -2.38. The van der Waals surface area contributed by atoms with E-state index in [1.165, 1.54) is 12.8 Å². The number of rotatable bonds is 5. The molecule has 0 bridgehead atoms. The Balaban J connectivity index is 2.38. The third kappa shape index (κ3) is 3.46. The van der Waals surface area contributed by atoms with Crippen molar-refractivity contribution < 1.29 is 9.90 Å². The van der Waals surface area contributed by atoms with Gasteiger partial charge in [-0.05, 0) is 45.7 Å². The van der Waals surface area contributed by atoms with Crippen molar-refractivity contribution in [3.63, 3.8) is 0 Å². The van der Waals surface area contributed by atoms with Crippen LogP contribution in [0.25, 0.3) is 0 Å². The highest BCUT2D eigenvalue weighted by Crippen LogP contribution is 2.22. The van der Waals surface area contributed by atoms with E-state index in [0.29, 0.717) is 12.5 Å². The van der Waals surface area contributed by atoms with E-state index in [1.54, 1.807) is 7.05 Å². The van der Waals surface area contributed by atoms with Gasteiger partial charge in [-0.15, -0.1) is 0 Å². The highest BCUT2D eigenvalue weighted by Gasteiger charge is 2.25. The second kappa shape index (κ2) is 6.21. The molecule has 3 atom stereocenters. The number of carboxylic acid groups (broad SMARTS) is 1. The molecule has 3 unspecified atom stereocenters. The largest absolute Gasteiger partial charge is 0.480 e. The molecule has 0 aromatic carbocycles. The van der Waals surface area contributed by atoms with Crippen molar-refractivity contribution in [1.82, 2.24) is 10.2 Å². The van der Waals surface area contributed by atoms with Crippen molar-refractivity contribution >= 4 is 5.97 Å². The Morgan fingerprint density at radius 3 is 2.81 bits per heavy atom. The van der Waals surface area contributed by atoms with Gasteiger partial charge < -0.3 is 15.3 Å². The van der Waals surface area contributed by atoms with Crippen LogP contribution in [0, 0.1) is 5.92 Å². The first-order chi connectivity index (χ1) is 7.56. The maximum Gasteiger partial charge on any atom is 0.320 e. The van der Waals surface area contributed by atoms with Crippen molar-refractivity contribution in [2.75, 3.05) is 20.1 Å². The molecule has 0 saturated carbocycles. The van der Waals surface area contributed by atoms with Gasteiger partial charge in [-0.25, -0.2) is 0 Å². The lowest BCUT2D eigenvalue weighted by Crippen LogP contribution is -2.45. The van der Waals surface area contributed by atoms with Crippen LogP contribution in [0.15, 0.2) is 0 Å². The average Bonchev–Trinajstić information content (AvgIpc) is 2.24. The van der Waals surface area contributed by atoms with Crippen molar-refractivity contribution in [3.8, 4) is 0 Å². The Kier molecular flexibility index (Phi) is 5.22. The lowest BCUT2D eigenvalue weighted by atomic mass is 9.92. The Bertz CT molecular complexity index is 233. The van der Waals surface area contributed by atoms with Gasteiger partial charge in [0, 0.05) is 12.6 Å². The molecule has 0 aliphatic carbocycles. The van der Waals surface area contributed by atoms with E-state index in [1.807, 2.05) is 0 Å². The van der Waals surface area contributed by atoms with E-state index < -0.39 is 12.0 Å². The predicted molar refractivity (Wildman–Crippen MR) is 64.5 cm³/mol. The van der Waals surface area contributed by atoms with Crippen LogP contribution in [0.5, 0.6) is 0 Å². The Labute approximate surface area is 98.0 Å². The summed E-state index contributed by atoms with van der Waals surface area (Å²) >= 11 is 0. The number of piperidine rings is 1. The zero-order chi connectivity index (χ0) is 12.1. The van der Waals surface area contributed by atoms with Crippen molar-refractivity contribution in [2.24, 2.45) is 5.92 Å². The third-order valence-corrected chi connectivity index (χ3v) is 3.86. The number of hydrogen-bond acceptors (Lipinski definition) is 3. The zero-order valence-electron chi connectivity index (χ0n) is 10.6. The van der Waals surface area contributed by atoms with Crippen LogP contribution in [0.1, 0.15) is 33.1 Å². The van der Waals surface area contributed by atoms with Crippen LogP contribution in [-0.4, -0.2) is 48.2 Å². The van der Waals surface area contributed by atoms with Crippen molar-refractivity contribution in [3.05, 3.63) is 0 Å². The lowest BCUT2D eigenvalue weighted by molar-refractivity contribution is -0.139. The Morgan fingerprint density at radius 2 is 2.25 bits per heavy atom. The molecule has 0 aromatic heterocycles. The molecule has 0 aromatic rings. The minimum Gasteiger partial charge on any atom is -0.480 e. The van der Waals surface area contributed by atoms with Gasteiger partial charge in [0.05, 0.1) is 0 Å². The molecule has 2 N–H and O–H groups in total. The van der Waals surface area contributed by atoms with E-state index in [2.05, 4.69) is 24.1 Å². The minimum absolute atomic E-state index is 0.413. The molecule has 94 valence electrons. The Hall–Kier alpha value is -0.610. The molecule has 1 fully saturated rings. The summed E-state index contributed by atoms with van der Waals surface area (Å²) in [6.07, 6.45) is 3.22. The van der Waals surface area contributed by atoms with Crippen LogP contribution in [0.2, 0.25) is 0 Å². The number of nitrogens with zero attached hydrogens (tertiary/aromatic N) is 1. The molecule has 0 radical (unpaired) electrons. The monoisotopic (exact) mass is 228 g/mol. The average molecular weight is 228 g/mol. The van der Waals surface area contributed by atoms with E-state index in [4.69, 9.17) is 5.11 Å². The molecular weight excluding hydrogens is 204 g/mol. The SMILES string of the molecule is CNC(CCN1CCCC(C)C1C)C(=O)O. The van der Waals surface area contributed by atoms with Crippen molar-refractivity contribution in [2.45, 2.75) is 45.2 Å². The predicted octanol–water partition coefficient (Wildman–Crippen LogP) is 1.17. The van der Waals surface area contributed by atoms with Gasteiger partial charge in [-0.1, -0.05) is 6.92 Å². The molecule has 1 rings (SSSR count). The molecule has 4 nitrogen and oxygen atoms in total. The smallest absolute Gasteiger partial charge is 0.320 e. The molecule has 16 heavy (non-hydrogen) atoms. The molecular formula is C12H24N2O2. The van der Waals surface area contributed by atoms with Gasteiger partial charge in [0.2, 0.25) is 0 Å². The molecule has 1 aliphatic rings. The molecule has 1 heterocycles. The van der Waals surface area contributed by atoms with E-state index in [-0.39, 0.29) is 0 Å². The fraction of sp³-hybridized carbons (Fsp3) is 0.917. The summed E-state index contributed by atoms with van der Waals surface area (Å²) in [6.45, 7) is 6.52. The van der Waals surface area contributed by atoms with E-state index in [0.717, 1.165) is 19.0 Å². The number of likely N-dealkylation sites (tertiary alicyclic amines) is 1. The van der Waals surface area contributed by atoms with Gasteiger partial charge in [-0.2, -0.15) is 0 Å². The zero-order valence-corrected chi connectivity index (χ0v) is 10.6. The maximum atomic E-state index is 10.9. The van der Waals surface area contributed by atoms with Crippen LogP contribution >= 0.6 is 0 Å². The minimum atomic E-state index is -0.750. The first-order valence-electron chi connectivity index (χ1n) is 6.20. The summed E-state index contributed by atoms with van der Waals surface area (Å²) in [5, 5.41) is 11.8. The van der Waals surface area contributed by atoms with Gasteiger partial charge in [-0.3, -0.25) is 4.79 Å². The quantitative estimate of drug-likeness (QED) is 0.741. The molecule has 1 aliphatic heterocycles. The summed E-state index contributed by atoms with van der Waals surface area (Å²) in [7, 11) is 1.71. The number of nitrogens with one attached hydrogen (secondary N) is 1. The molecule has 1 saturated heterocycles. The molecule has 0 spiro atoms. The van der Waals surface area contributed by atoms with Gasteiger partial charge in [0.25, 0.3) is 0 Å². The number of carbonyl (C=O) groups is 1. The second-order valence-corrected chi connectivity index (χ2v) is 4.86. The van der Waals surface area contributed by atoms with Gasteiger partial charge in [0.15, 0.2) is 0 Å². The van der Waals surface area contributed by atoms with Crippen LogP contribution < -0.4 is 5.32 Å². The summed E-state index contributed by atoms with van der Waals surface area (Å²) in [6, 6.07) is 0.171. The highest BCUT2D eigenvalue weighted by atomic mass is 16.4. The Morgan fingerprint density at radius 1 is 1.56 bits per heavy atom. The standard InChI is InChI=1S/C12H24N2O2/c1-9-5-4-7-14(10(9)2)8-6-11(13-3)12(15)16/h9-11,13H,4-8H2,1-3H3,(H,15,16). The molecule has 4 heteroatoms. The first-order valence-corrected chi connectivity index (χ1v) is 6.20. The number of likely N-dealkylation sites (N-methyl/N-ethyl adjacent to an activating group) is 1. The summed E-state index contributed by atoms with van der Waals surface area (Å²) in [5.74, 6) is -0.0215. The fourth-order valence-electron chi connectivity index (χ4n) is 2.42. The van der Waals surface area contributed by atoms with Gasteiger partial charge >= 0.3 is 5.97 Å². The van der Waals surface area contributed by atoms with E-state index in [9.17, 15) is 4.79 Å². The molecule has 0 amide bonds. The fourth-order valence-corrected chi connectivity index (χ4v) is 2.42. The first kappa shape index (κ1) is 13.5. The van der Waals surface area contributed by atoms with E-state index >= 15 is 0 Å². The summed E-state index contributed by atoms with van der Waals surface area (Å²) in [5.41, 5.74) is 0. The topological polar surface area (TPSA) is 52.6 Å². The van der Waals surface area contributed by atoms with Crippen LogP contribution in [-0.2, 0) is 4.79 Å². The third-order valence-electron chi connectivity index (χ3n) is 3.86. The summed E-state index contributed by atoms with van der Waals surface area (Å²) in [4.78, 5) is 13.3. The van der Waals surface area contributed by atoms with Gasteiger partial charge in [0.1, 0.15) is 6.04 Å². The maximum absolute atomic E-state index is 10.9. The number of carboxylic acids is 1. The van der Waals surface area contributed by atoms with Crippen LogP contribution in [0.4, 0.5) is 0 Å². The second-order valence-electron chi connectivity index (χ2n) is 4.86. The van der Waals surface area contributed by atoms with Crippen LogP contribution in [0.3, 0.4) is 0 Å². The highest BCUT2D eigenvalue weighted by molar-refractivity contribution is 5.73. The van der Waals surface area contributed by atoms with Crippen molar-refractivity contribution in [1.29, 1.82) is 0 Å².